The molecule has 1 aliphatic carbocycles. The zero-order valence-electron chi connectivity index (χ0n) is 10.3. The molecule has 1 aromatic heterocycles. The summed E-state index contributed by atoms with van der Waals surface area (Å²) in [5.74, 6) is -0.892. The van der Waals surface area contributed by atoms with Gasteiger partial charge in [-0.2, -0.15) is 15.6 Å². The van der Waals surface area contributed by atoms with Crippen LogP contribution in [0.5, 0.6) is 0 Å². The van der Waals surface area contributed by atoms with Gasteiger partial charge in [0, 0.05) is 18.5 Å². The van der Waals surface area contributed by atoms with Crippen LogP contribution in [0.2, 0.25) is 0 Å². The largest absolute Gasteiger partial charge is 0.481 e. The standard InChI is InChI=1S/C12H15NO4S2/c14-11(15)12-4-1-2-9(12)6-13(8-12)19(16,17)10-3-5-18-7-10/h3,5,7,9H,1-2,4,6,8H2,(H,14,15)/t9-,12+/m0/s1. The molecule has 2 atom stereocenters. The van der Waals surface area contributed by atoms with Gasteiger partial charge in [-0.05, 0) is 30.2 Å². The van der Waals surface area contributed by atoms with E-state index in [-0.39, 0.29) is 17.4 Å². The third-order valence-electron chi connectivity index (χ3n) is 4.40. The first-order valence-electron chi connectivity index (χ1n) is 6.22. The third kappa shape index (κ3) is 1.83. The fourth-order valence-corrected chi connectivity index (χ4v) is 5.89. The van der Waals surface area contributed by atoms with E-state index in [4.69, 9.17) is 0 Å². The highest BCUT2D eigenvalue weighted by molar-refractivity contribution is 7.89. The van der Waals surface area contributed by atoms with Gasteiger partial charge in [0.05, 0.1) is 10.3 Å². The molecule has 0 radical (unpaired) electrons. The number of carbonyl (C=O) groups is 1. The Morgan fingerprint density at radius 2 is 2.32 bits per heavy atom. The summed E-state index contributed by atoms with van der Waals surface area (Å²) < 4.78 is 26.2. The maximum absolute atomic E-state index is 12.4. The molecule has 2 aliphatic rings. The van der Waals surface area contributed by atoms with Crippen molar-refractivity contribution in [1.29, 1.82) is 0 Å². The van der Waals surface area contributed by atoms with Gasteiger partial charge in [-0.15, -0.1) is 0 Å². The molecule has 0 bridgehead atoms. The quantitative estimate of drug-likeness (QED) is 0.920. The van der Waals surface area contributed by atoms with Gasteiger partial charge >= 0.3 is 5.97 Å². The fourth-order valence-electron chi connectivity index (χ4n) is 3.32. The second-order valence-electron chi connectivity index (χ2n) is 5.31. The Balaban J connectivity index is 1.93. The highest BCUT2D eigenvalue weighted by Gasteiger charge is 2.57. The Hall–Kier alpha value is -0.920. The van der Waals surface area contributed by atoms with Crippen LogP contribution in [-0.4, -0.2) is 36.9 Å². The topological polar surface area (TPSA) is 74.7 Å². The van der Waals surface area contributed by atoms with Crippen LogP contribution < -0.4 is 0 Å². The summed E-state index contributed by atoms with van der Waals surface area (Å²) in [4.78, 5) is 11.8. The van der Waals surface area contributed by atoms with Crippen LogP contribution in [0.25, 0.3) is 0 Å². The van der Waals surface area contributed by atoms with Crippen molar-refractivity contribution in [2.75, 3.05) is 13.1 Å². The predicted octanol–water partition coefficient (Wildman–Crippen LogP) is 1.62. The molecule has 0 amide bonds. The van der Waals surface area contributed by atoms with E-state index in [0.29, 0.717) is 13.0 Å². The maximum Gasteiger partial charge on any atom is 0.311 e. The number of hydrogen-bond acceptors (Lipinski definition) is 4. The van der Waals surface area contributed by atoms with E-state index in [1.165, 1.54) is 15.6 Å². The first kappa shape index (κ1) is 13.1. The summed E-state index contributed by atoms with van der Waals surface area (Å²) in [6.07, 6.45) is 2.27. The molecule has 5 nitrogen and oxygen atoms in total. The van der Waals surface area contributed by atoms with Crippen LogP contribution in [-0.2, 0) is 14.8 Å². The summed E-state index contributed by atoms with van der Waals surface area (Å²) in [6.45, 7) is 0.454. The van der Waals surface area contributed by atoms with E-state index in [2.05, 4.69) is 0 Å². The molecule has 104 valence electrons. The van der Waals surface area contributed by atoms with Gasteiger partial charge in [0.2, 0.25) is 10.0 Å². The normalized spacial score (nSPS) is 31.5. The number of hydrogen-bond donors (Lipinski definition) is 1. The van der Waals surface area contributed by atoms with Gasteiger partial charge < -0.3 is 5.11 Å². The number of nitrogens with zero attached hydrogens (tertiary/aromatic N) is 1. The van der Waals surface area contributed by atoms with E-state index < -0.39 is 21.4 Å². The number of thiophene rings is 1. The lowest BCUT2D eigenvalue weighted by molar-refractivity contribution is -0.149. The first-order chi connectivity index (χ1) is 8.97. The predicted molar refractivity (Wildman–Crippen MR) is 70.5 cm³/mol. The molecule has 3 rings (SSSR count). The van der Waals surface area contributed by atoms with E-state index in [0.717, 1.165) is 12.8 Å². The van der Waals surface area contributed by atoms with Crippen LogP contribution in [0, 0.1) is 11.3 Å². The molecule has 1 aromatic rings. The summed E-state index contributed by atoms with van der Waals surface area (Å²) >= 11 is 1.33. The van der Waals surface area contributed by atoms with Gasteiger partial charge in [-0.3, -0.25) is 4.79 Å². The monoisotopic (exact) mass is 301 g/mol. The second-order valence-corrected chi connectivity index (χ2v) is 8.03. The zero-order valence-corrected chi connectivity index (χ0v) is 11.9. The Morgan fingerprint density at radius 3 is 2.89 bits per heavy atom. The van der Waals surface area contributed by atoms with E-state index in [9.17, 15) is 18.3 Å². The van der Waals surface area contributed by atoms with Crippen LogP contribution in [0.1, 0.15) is 19.3 Å². The Bertz CT molecular complexity index is 595. The van der Waals surface area contributed by atoms with Gasteiger partial charge in [0.15, 0.2) is 0 Å². The smallest absolute Gasteiger partial charge is 0.311 e. The SMILES string of the molecule is O=C(O)[C@@]12CCC[C@H]1CN(S(=O)(=O)c1ccsc1)C2. The minimum atomic E-state index is -3.53. The zero-order chi connectivity index (χ0) is 13.7. The van der Waals surface area contributed by atoms with Gasteiger partial charge in [0.25, 0.3) is 0 Å². The molecule has 1 saturated carbocycles. The van der Waals surface area contributed by atoms with Crippen molar-refractivity contribution in [2.45, 2.75) is 24.2 Å². The average Bonchev–Trinajstić information content (AvgIpc) is 3.04. The number of carboxylic acids is 1. The number of aliphatic carboxylic acids is 1. The molecule has 19 heavy (non-hydrogen) atoms. The maximum atomic E-state index is 12.4. The lowest BCUT2D eigenvalue weighted by atomic mass is 9.81. The van der Waals surface area contributed by atoms with Crippen LogP contribution in [0.15, 0.2) is 21.7 Å². The van der Waals surface area contributed by atoms with Crippen molar-refractivity contribution in [2.24, 2.45) is 11.3 Å². The molecule has 7 heteroatoms. The molecule has 2 heterocycles. The number of sulfonamides is 1. The van der Waals surface area contributed by atoms with Gasteiger partial charge in [-0.1, -0.05) is 6.42 Å². The van der Waals surface area contributed by atoms with Crippen molar-refractivity contribution in [1.82, 2.24) is 4.31 Å². The highest BCUT2D eigenvalue weighted by atomic mass is 32.2. The number of rotatable bonds is 3. The molecular weight excluding hydrogens is 286 g/mol. The average molecular weight is 301 g/mol. The molecule has 0 unspecified atom stereocenters. The van der Waals surface area contributed by atoms with Crippen molar-refractivity contribution >= 4 is 27.3 Å². The Labute approximate surface area is 115 Å². The van der Waals surface area contributed by atoms with Gasteiger partial charge in [0.1, 0.15) is 0 Å². The molecule has 1 saturated heterocycles. The second kappa shape index (κ2) is 4.29. The summed E-state index contributed by atoms with van der Waals surface area (Å²) in [5.41, 5.74) is -0.858. The summed E-state index contributed by atoms with van der Waals surface area (Å²) in [5, 5.41) is 12.8. The Morgan fingerprint density at radius 1 is 1.53 bits per heavy atom. The third-order valence-corrected chi connectivity index (χ3v) is 7.04. The van der Waals surface area contributed by atoms with Crippen molar-refractivity contribution in [3.63, 3.8) is 0 Å². The molecule has 1 N–H and O–H groups in total. The number of carboxylic acid groups (broad SMARTS) is 1. The highest BCUT2D eigenvalue weighted by Crippen LogP contribution is 2.50. The lowest BCUT2D eigenvalue weighted by Crippen LogP contribution is -2.37. The van der Waals surface area contributed by atoms with Crippen molar-refractivity contribution in [3.05, 3.63) is 16.8 Å². The van der Waals surface area contributed by atoms with Crippen LogP contribution in [0.4, 0.5) is 0 Å². The van der Waals surface area contributed by atoms with E-state index in [1.54, 1.807) is 16.8 Å². The van der Waals surface area contributed by atoms with E-state index in [1.807, 2.05) is 0 Å². The number of fused-ring (bicyclic) bond motifs is 1. The van der Waals surface area contributed by atoms with Crippen LogP contribution in [0.3, 0.4) is 0 Å². The van der Waals surface area contributed by atoms with Gasteiger partial charge in [-0.25, -0.2) is 8.42 Å². The fraction of sp³-hybridized carbons (Fsp3) is 0.583. The summed E-state index contributed by atoms with van der Waals surface area (Å²) in [6, 6.07) is 1.57. The molecule has 1 aliphatic heterocycles. The molecule has 0 spiro atoms. The van der Waals surface area contributed by atoms with Crippen LogP contribution >= 0.6 is 11.3 Å². The minimum Gasteiger partial charge on any atom is -0.481 e. The Kier molecular flexibility index (Phi) is 2.95. The van der Waals surface area contributed by atoms with Crippen molar-refractivity contribution in [3.8, 4) is 0 Å². The first-order valence-corrected chi connectivity index (χ1v) is 8.61. The molecule has 2 fully saturated rings. The summed E-state index contributed by atoms with van der Waals surface area (Å²) in [7, 11) is -3.53. The lowest BCUT2D eigenvalue weighted by Gasteiger charge is -2.23. The van der Waals surface area contributed by atoms with Crippen molar-refractivity contribution < 1.29 is 18.3 Å². The van der Waals surface area contributed by atoms with E-state index >= 15 is 0 Å². The molecular formula is C12H15NO4S2. The minimum absolute atomic E-state index is 0.0431. The molecule has 0 aromatic carbocycles.